The third kappa shape index (κ3) is 3.14. The Labute approximate surface area is 94.9 Å². The molecule has 1 aromatic carbocycles. The van der Waals surface area contributed by atoms with Crippen molar-refractivity contribution < 1.29 is 19.8 Å². The molecule has 0 bridgehead atoms. The van der Waals surface area contributed by atoms with Gasteiger partial charge in [0.05, 0.1) is 16.3 Å². The number of aromatic carboxylic acids is 1. The van der Waals surface area contributed by atoms with Crippen molar-refractivity contribution in [3.8, 4) is 0 Å². The molecule has 0 aliphatic rings. The third-order valence-electron chi connectivity index (χ3n) is 1.54. The van der Waals surface area contributed by atoms with Gasteiger partial charge in [-0.1, -0.05) is 17.7 Å². The molecule has 0 unspecified atom stereocenters. The van der Waals surface area contributed by atoms with E-state index < -0.39 is 11.9 Å². The quantitative estimate of drug-likeness (QED) is 0.797. The minimum atomic E-state index is -1.12. The van der Waals surface area contributed by atoms with Crippen LogP contribution in [-0.4, -0.2) is 27.9 Å². The van der Waals surface area contributed by atoms with Gasteiger partial charge in [0.1, 0.15) is 0 Å². The van der Waals surface area contributed by atoms with Crippen LogP contribution in [0.5, 0.6) is 0 Å². The Balaban J connectivity index is 3.02. The largest absolute Gasteiger partial charge is 0.481 e. The number of benzene rings is 1. The number of carboxylic acid groups (broad SMARTS) is 2. The number of rotatable bonds is 4. The summed E-state index contributed by atoms with van der Waals surface area (Å²) in [4.78, 5) is 21.4. The average Bonchev–Trinajstić information content (AvgIpc) is 2.15. The molecular weight excluding hydrogens is 240 g/mol. The van der Waals surface area contributed by atoms with Crippen molar-refractivity contribution in [2.24, 2.45) is 0 Å². The summed E-state index contributed by atoms with van der Waals surface area (Å²) in [6, 6.07) is 4.42. The number of hydrogen-bond donors (Lipinski definition) is 2. The molecule has 1 rings (SSSR count). The fourth-order valence-electron chi connectivity index (χ4n) is 0.958. The summed E-state index contributed by atoms with van der Waals surface area (Å²) in [6.45, 7) is 0. The van der Waals surface area contributed by atoms with Crippen molar-refractivity contribution in [1.29, 1.82) is 0 Å². The summed E-state index contributed by atoms with van der Waals surface area (Å²) >= 11 is 6.68. The normalized spacial score (nSPS) is 9.93. The molecule has 1 aromatic rings. The molecule has 80 valence electrons. The smallest absolute Gasteiger partial charge is 0.336 e. The number of aliphatic carboxylic acids is 1. The third-order valence-corrected chi connectivity index (χ3v) is 3.08. The van der Waals surface area contributed by atoms with E-state index in [4.69, 9.17) is 21.8 Å². The van der Waals surface area contributed by atoms with Crippen LogP contribution in [0.2, 0.25) is 5.02 Å². The molecule has 0 fully saturated rings. The molecule has 2 N–H and O–H groups in total. The summed E-state index contributed by atoms with van der Waals surface area (Å²) in [6.07, 6.45) is 0. The summed E-state index contributed by atoms with van der Waals surface area (Å²) in [5.41, 5.74) is 0.0220. The van der Waals surface area contributed by atoms with Crippen LogP contribution in [0, 0.1) is 0 Å². The van der Waals surface area contributed by atoms with Crippen LogP contribution in [0.15, 0.2) is 23.1 Å². The minimum absolute atomic E-state index is 0.0220. The van der Waals surface area contributed by atoms with Gasteiger partial charge >= 0.3 is 11.9 Å². The van der Waals surface area contributed by atoms with E-state index in [1.165, 1.54) is 18.2 Å². The van der Waals surface area contributed by atoms with Crippen molar-refractivity contribution in [2.75, 3.05) is 5.75 Å². The van der Waals surface area contributed by atoms with Gasteiger partial charge in [0.2, 0.25) is 0 Å². The van der Waals surface area contributed by atoms with Crippen LogP contribution in [-0.2, 0) is 4.79 Å². The SMILES string of the molecule is O=C(O)CSc1c(Cl)cccc1C(=O)O. The molecule has 0 saturated carbocycles. The molecule has 0 heterocycles. The second kappa shape index (κ2) is 5.04. The van der Waals surface area contributed by atoms with Crippen molar-refractivity contribution in [2.45, 2.75) is 4.90 Å². The highest BCUT2D eigenvalue weighted by atomic mass is 35.5. The molecule has 4 nitrogen and oxygen atoms in total. The van der Waals surface area contributed by atoms with Crippen LogP contribution in [0.1, 0.15) is 10.4 Å². The highest BCUT2D eigenvalue weighted by Crippen LogP contribution is 2.30. The predicted octanol–water partition coefficient (Wildman–Crippen LogP) is 2.21. The van der Waals surface area contributed by atoms with Crippen LogP contribution in [0.3, 0.4) is 0 Å². The van der Waals surface area contributed by atoms with Gasteiger partial charge in [-0.3, -0.25) is 4.79 Å². The zero-order valence-electron chi connectivity index (χ0n) is 7.44. The van der Waals surface area contributed by atoms with E-state index in [1.807, 2.05) is 0 Å². The van der Waals surface area contributed by atoms with Crippen LogP contribution in [0.4, 0.5) is 0 Å². The first-order valence-electron chi connectivity index (χ1n) is 3.88. The molecule has 0 amide bonds. The van der Waals surface area contributed by atoms with Gasteiger partial charge in [0, 0.05) is 4.90 Å². The van der Waals surface area contributed by atoms with E-state index >= 15 is 0 Å². The predicted molar refractivity (Wildman–Crippen MR) is 56.8 cm³/mol. The molecule has 0 aliphatic heterocycles. The molecule has 0 atom stereocenters. The summed E-state index contributed by atoms with van der Waals surface area (Å²) in [5, 5.41) is 17.6. The standard InChI is InChI=1S/C9H7ClO4S/c10-6-3-1-2-5(9(13)14)8(6)15-4-7(11)12/h1-3H,4H2,(H,11,12)(H,13,14). The second-order valence-electron chi connectivity index (χ2n) is 2.60. The fourth-order valence-corrected chi connectivity index (χ4v) is 2.08. The molecular formula is C9H7ClO4S. The fraction of sp³-hybridized carbons (Fsp3) is 0.111. The van der Waals surface area contributed by atoms with E-state index in [2.05, 4.69) is 0 Å². The Morgan fingerprint density at radius 1 is 1.33 bits per heavy atom. The van der Waals surface area contributed by atoms with Gasteiger partial charge in [0.25, 0.3) is 0 Å². The van der Waals surface area contributed by atoms with Gasteiger partial charge < -0.3 is 10.2 Å². The number of halogens is 1. The van der Waals surface area contributed by atoms with E-state index in [9.17, 15) is 9.59 Å². The lowest BCUT2D eigenvalue weighted by Crippen LogP contribution is -2.02. The zero-order chi connectivity index (χ0) is 11.4. The molecule has 0 aliphatic carbocycles. The van der Waals surface area contributed by atoms with Crippen LogP contribution < -0.4 is 0 Å². The van der Waals surface area contributed by atoms with Crippen molar-refractivity contribution >= 4 is 35.3 Å². The second-order valence-corrected chi connectivity index (χ2v) is 4.00. The first kappa shape index (κ1) is 11.9. The van der Waals surface area contributed by atoms with Crippen molar-refractivity contribution in [1.82, 2.24) is 0 Å². The van der Waals surface area contributed by atoms with Crippen LogP contribution >= 0.6 is 23.4 Å². The minimum Gasteiger partial charge on any atom is -0.481 e. The molecule has 0 radical (unpaired) electrons. The number of thioether (sulfide) groups is 1. The highest BCUT2D eigenvalue weighted by Gasteiger charge is 2.14. The van der Waals surface area contributed by atoms with Gasteiger partial charge in [0.15, 0.2) is 0 Å². The van der Waals surface area contributed by atoms with Crippen molar-refractivity contribution in [3.05, 3.63) is 28.8 Å². The molecule has 0 spiro atoms. The van der Waals surface area contributed by atoms with E-state index in [0.717, 1.165) is 11.8 Å². The lowest BCUT2D eigenvalue weighted by molar-refractivity contribution is -0.133. The number of carboxylic acids is 2. The van der Waals surface area contributed by atoms with Gasteiger partial charge in [-0.15, -0.1) is 11.8 Å². The van der Waals surface area contributed by atoms with Crippen LogP contribution in [0.25, 0.3) is 0 Å². The number of carbonyl (C=O) groups is 2. The summed E-state index contributed by atoms with van der Waals surface area (Å²) < 4.78 is 0. The summed E-state index contributed by atoms with van der Waals surface area (Å²) in [7, 11) is 0. The lowest BCUT2D eigenvalue weighted by Gasteiger charge is -2.05. The lowest BCUT2D eigenvalue weighted by atomic mass is 10.2. The maximum atomic E-state index is 10.8. The van der Waals surface area contributed by atoms with Gasteiger partial charge in [-0.25, -0.2) is 4.79 Å². The maximum Gasteiger partial charge on any atom is 0.336 e. The topological polar surface area (TPSA) is 74.6 Å². The average molecular weight is 247 g/mol. The number of hydrogen-bond acceptors (Lipinski definition) is 3. The highest BCUT2D eigenvalue weighted by molar-refractivity contribution is 8.00. The zero-order valence-corrected chi connectivity index (χ0v) is 9.01. The van der Waals surface area contributed by atoms with Gasteiger partial charge in [-0.05, 0) is 12.1 Å². The first-order chi connectivity index (χ1) is 7.02. The first-order valence-corrected chi connectivity index (χ1v) is 5.25. The summed E-state index contributed by atoms with van der Waals surface area (Å²) in [5.74, 6) is -2.36. The van der Waals surface area contributed by atoms with Crippen molar-refractivity contribution in [3.63, 3.8) is 0 Å². The van der Waals surface area contributed by atoms with E-state index in [-0.39, 0.29) is 21.2 Å². The molecule has 0 aromatic heterocycles. The Kier molecular flexibility index (Phi) is 3.99. The Hall–Kier alpha value is -1.20. The van der Waals surface area contributed by atoms with Gasteiger partial charge in [-0.2, -0.15) is 0 Å². The van der Waals surface area contributed by atoms with E-state index in [1.54, 1.807) is 0 Å². The molecule has 6 heteroatoms. The Bertz CT molecular complexity index is 405. The Morgan fingerprint density at radius 2 is 2.00 bits per heavy atom. The monoisotopic (exact) mass is 246 g/mol. The maximum absolute atomic E-state index is 10.8. The molecule has 15 heavy (non-hydrogen) atoms. The van der Waals surface area contributed by atoms with E-state index in [0.29, 0.717) is 0 Å². The molecule has 0 saturated heterocycles. The Morgan fingerprint density at radius 3 is 2.53 bits per heavy atom.